The molecule has 1 N–H and O–H groups in total. The van der Waals surface area contributed by atoms with Crippen LogP contribution in [-0.2, 0) is 4.79 Å². The van der Waals surface area contributed by atoms with Gasteiger partial charge >= 0.3 is 0 Å². The normalized spacial score (nSPS) is 16.1. The molecule has 0 bridgehead atoms. The van der Waals surface area contributed by atoms with E-state index in [2.05, 4.69) is 10.4 Å². The van der Waals surface area contributed by atoms with Crippen molar-refractivity contribution < 1.29 is 13.9 Å². The molecule has 1 aromatic heterocycles. The fourth-order valence-electron chi connectivity index (χ4n) is 4.00. The predicted octanol–water partition coefficient (Wildman–Crippen LogP) is 6.24. The van der Waals surface area contributed by atoms with Crippen LogP contribution in [-0.4, -0.2) is 21.7 Å². The molecule has 0 radical (unpaired) electrons. The number of hydrogen-bond acceptors (Lipinski definition) is 3. The van der Waals surface area contributed by atoms with Crippen molar-refractivity contribution in [3.05, 3.63) is 89.3 Å². The molecule has 1 amide bonds. The van der Waals surface area contributed by atoms with Crippen molar-refractivity contribution in [2.24, 2.45) is 5.41 Å². The van der Waals surface area contributed by atoms with Gasteiger partial charge < -0.3 is 10.1 Å². The summed E-state index contributed by atoms with van der Waals surface area (Å²) < 4.78 is 21.5. The molecule has 1 aliphatic rings. The number of ether oxygens (including phenoxy) is 1. The molecule has 1 fully saturated rings. The van der Waals surface area contributed by atoms with E-state index in [1.165, 1.54) is 12.1 Å². The van der Waals surface area contributed by atoms with Crippen LogP contribution >= 0.6 is 11.6 Å². The molecule has 34 heavy (non-hydrogen) atoms. The standard InChI is InChI=1S/C27H25ClFN3O2/c1-17(31-26(33)27(2)13-14-27)25(18-3-5-20(28)6-4-18)34-23-11-12-24-19(15-23)16-30-32(24)22-9-7-21(29)8-10-22/h3-12,15-17,25H,13-14H2,1-2H3,(H,31,33)/t17-,25?/m0/s1. The fourth-order valence-corrected chi connectivity index (χ4v) is 4.13. The van der Waals surface area contributed by atoms with Gasteiger partial charge in [0, 0.05) is 15.8 Å². The van der Waals surface area contributed by atoms with E-state index in [1.807, 2.05) is 56.3 Å². The lowest BCUT2D eigenvalue weighted by molar-refractivity contribution is -0.127. The van der Waals surface area contributed by atoms with E-state index in [4.69, 9.17) is 16.3 Å². The van der Waals surface area contributed by atoms with Crippen molar-refractivity contribution >= 4 is 28.4 Å². The maximum absolute atomic E-state index is 13.3. The van der Waals surface area contributed by atoms with Crippen LogP contribution < -0.4 is 10.1 Å². The average molecular weight is 478 g/mol. The molecule has 0 saturated heterocycles. The zero-order chi connectivity index (χ0) is 23.9. The summed E-state index contributed by atoms with van der Waals surface area (Å²) in [6.07, 6.45) is 3.16. The second kappa shape index (κ2) is 8.76. The fraction of sp³-hybridized carbons (Fsp3) is 0.259. The second-order valence-corrected chi connectivity index (χ2v) is 9.60. The Morgan fingerprint density at radius 1 is 1.12 bits per heavy atom. The summed E-state index contributed by atoms with van der Waals surface area (Å²) in [6, 6.07) is 19.1. The lowest BCUT2D eigenvalue weighted by Gasteiger charge is -2.27. The molecular formula is C27H25ClFN3O2. The van der Waals surface area contributed by atoms with Crippen LogP contribution in [0.15, 0.2) is 72.9 Å². The van der Waals surface area contributed by atoms with Crippen LogP contribution in [0.4, 0.5) is 4.39 Å². The minimum Gasteiger partial charge on any atom is -0.484 e. The Kier molecular flexibility index (Phi) is 5.78. The van der Waals surface area contributed by atoms with Gasteiger partial charge in [-0.25, -0.2) is 9.07 Å². The summed E-state index contributed by atoms with van der Waals surface area (Å²) in [7, 11) is 0. The molecule has 0 spiro atoms. The molecule has 1 unspecified atom stereocenters. The number of rotatable bonds is 7. The van der Waals surface area contributed by atoms with Crippen LogP contribution in [0.2, 0.25) is 5.02 Å². The third kappa shape index (κ3) is 4.50. The van der Waals surface area contributed by atoms with E-state index >= 15 is 0 Å². The van der Waals surface area contributed by atoms with Crippen molar-refractivity contribution in [1.29, 1.82) is 0 Å². The first-order chi connectivity index (χ1) is 16.3. The highest BCUT2D eigenvalue weighted by molar-refractivity contribution is 6.30. The summed E-state index contributed by atoms with van der Waals surface area (Å²) in [4.78, 5) is 12.7. The maximum Gasteiger partial charge on any atom is 0.226 e. The number of carbonyl (C=O) groups excluding carboxylic acids is 1. The number of hydrogen-bond donors (Lipinski definition) is 1. The zero-order valence-corrected chi connectivity index (χ0v) is 19.7. The minimum atomic E-state index is -0.409. The van der Waals surface area contributed by atoms with E-state index in [9.17, 15) is 9.18 Å². The highest BCUT2D eigenvalue weighted by Crippen LogP contribution is 2.45. The number of nitrogens with zero attached hydrogens (tertiary/aromatic N) is 2. The van der Waals surface area contributed by atoms with Gasteiger partial charge in [0.05, 0.1) is 23.4 Å². The van der Waals surface area contributed by atoms with Crippen molar-refractivity contribution in [2.45, 2.75) is 38.8 Å². The molecule has 0 aliphatic heterocycles. The number of fused-ring (bicyclic) bond motifs is 1. The Bertz CT molecular complexity index is 1330. The molecule has 5 nitrogen and oxygen atoms in total. The van der Waals surface area contributed by atoms with Crippen LogP contribution in [0.25, 0.3) is 16.6 Å². The summed E-state index contributed by atoms with van der Waals surface area (Å²) >= 11 is 6.09. The monoisotopic (exact) mass is 477 g/mol. The van der Waals surface area contributed by atoms with Gasteiger partial charge in [-0.1, -0.05) is 30.7 Å². The molecule has 174 valence electrons. The van der Waals surface area contributed by atoms with Gasteiger partial charge in [0.25, 0.3) is 0 Å². The third-order valence-electron chi connectivity index (χ3n) is 6.43. The molecular weight excluding hydrogens is 453 g/mol. The van der Waals surface area contributed by atoms with Crippen LogP contribution in [0.1, 0.15) is 38.4 Å². The van der Waals surface area contributed by atoms with Crippen molar-refractivity contribution in [3.8, 4) is 11.4 Å². The van der Waals surface area contributed by atoms with Crippen molar-refractivity contribution in [3.63, 3.8) is 0 Å². The first kappa shape index (κ1) is 22.4. The molecule has 3 aromatic carbocycles. The number of aromatic nitrogens is 2. The highest BCUT2D eigenvalue weighted by Gasteiger charge is 2.45. The second-order valence-electron chi connectivity index (χ2n) is 9.17. The summed E-state index contributed by atoms with van der Waals surface area (Å²) in [6.45, 7) is 3.94. The largest absolute Gasteiger partial charge is 0.484 e. The number of nitrogens with one attached hydrogen (secondary N) is 1. The maximum atomic E-state index is 13.3. The average Bonchev–Trinajstić information content (AvgIpc) is 3.45. The van der Waals surface area contributed by atoms with Crippen LogP contribution in [0, 0.1) is 11.2 Å². The molecule has 4 aromatic rings. The number of benzene rings is 3. The number of amides is 1. The topological polar surface area (TPSA) is 56.1 Å². The Balaban J connectivity index is 1.42. The summed E-state index contributed by atoms with van der Waals surface area (Å²) in [5.41, 5.74) is 2.30. The SMILES string of the molecule is C[C@H](NC(=O)C1(C)CC1)C(Oc1ccc2c(cnn2-c2ccc(F)cc2)c1)c1ccc(Cl)cc1. The Labute approximate surface area is 202 Å². The van der Waals surface area contributed by atoms with Gasteiger partial charge in [0.1, 0.15) is 17.7 Å². The molecule has 1 saturated carbocycles. The summed E-state index contributed by atoms with van der Waals surface area (Å²) in [5.74, 6) is 0.421. The molecule has 7 heteroatoms. The molecule has 5 rings (SSSR count). The van der Waals surface area contributed by atoms with Crippen LogP contribution in [0.5, 0.6) is 5.75 Å². The molecule has 1 heterocycles. The zero-order valence-electron chi connectivity index (χ0n) is 19.0. The van der Waals surface area contributed by atoms with E-state index in [1.54, 1.807) is 23.0 Å². The number of carbonyl (C=O) groups is 1. The van der Waals surface area contributed by atoms with Gasteiger partial charge in [0.2, 0.25) is 5.91 Å². The molecule has 1 aliphatic carbocycles. The highest BCUT2D eigenvalue weighted by atomic mass is 35.5. The van der Waals surface area contributed by atoms with E-state index in [0.717, 1.165) is 35.0 Å². The quantitative estimate of drug-likeness (QED) is 0.342. The predicted molar refractivity (Wildman–Crippen MR) is 131 cm³/mol. The van der Waals surface area contributed by atoms with E-state index < -0.39 is 6.10 Å². The van der Waals surface area contributed by atoms with E-state index in [-0.39, 0.29) is 23.2 Å². The smallest absolute Gasteiger partial charge is 0.226 e. The van der Waals surface area contributed by atoms with Crippen LogP contribution in [0.3, 0.4) is 0 Å². The van der Waals surface area contributed by atoms with Gasteiger partial charge in [-0.15, -0.1) is 0 Å². The Morgan fingerprint density at radius 3 is 2.50 bits per heavy atom. The van der Waals surface area contributed by atoms with E-state index in [0.29, 0.717) is 10.8 Å². The van der Waals surface area contributed by atoms with Gasteiger partial charge in [-0.3, -0.25) is 4.79 Å². The summed E-state index contributed by atoms with van der Waals surface area (Å²) in [5, 5.41) is 9.12. The lowest BCUT2D eigenvalue weighted by atomic mass is 10.0. The lowest BCUT2D eigenvalue weighted by Crippen LogP contribution is -2.42. The van der Waals surface area contributed by atoms with Gasteiger partial charge in [0.15, 0.2) is 0 Å². The Morgan fingerprint density at radius 2 is 1.82 bits per heavy atom. The number of halogens is 2. The van der Waals surface area contributed by atoms with Crippen molar-refractivity contribution in [1.82, 2.24) is 15.1 Å². The Hall–Kier alpha value is -3.38. The van der Waals surface area contributed by atoms with Crippen molar-refractivity contribution in [2.75, 3.05) is 0 Å². The molecule has 2 atom stereocenters. The first-order valence-corrected chi connectivity index (χ1v) is 11.7. The first-order valence-electron chi connectivity index (χ1n) is 11.3. The third-order valence-corrected chi connectivity index (χ3v) is 6.69. The van der Waals surface area contributed by atoms with Gasteiger partial charge in [-0.2, -0.15) is 5.10 Å². The van der Waals surface area contributed by atoms with Gasteiger partial charge in [-0.05, 0) is 79.9 Å². The minimum absolute atomic E-state index is 0.0542.